The Bertz CT molecular complexity index is 407. The van der Waals surface area contributed by atoms with Crippen molar-refractivity contribution in [3.8, 4) is 0 Å². The molecule has 0 spiro atoms. The average Bonchev–Trinajstić information content (AvgIpc) is 2.32. The lowest BCUT2D eigenvalue weighted by Crippen LogP contribution is -2.42. The summed E-state index contributed by atoms with van der Waals surface area (Å²) in [5.74, 6) is -1.09. The Morgan fingerprint density at radius 2 is 2.17 bits per heavy atom. The second-order valence-corrected chi connectivity index (χ2v) is 4.45. The molecule has 0 aliphatic carbocycles. The zero-order valence-corrected chi connectivity index (χ0v) is 10.0. The number of carbonyl (C=O) groups is 1. The van der Waals surface area contributed by atoms with E-state index < -0.39 is 5.97 Å². The number of rotatable bonds is 4. The van der Waals surface area contributed by atoms with Crippen LogP contribution in [-0.2, 0) is 16.1 Å². The van der Waals surface area contributed by atoms with Crippen LogP contribution in [0.1, 0.15) is 12.0 Å². The monoisotopic (exact) mass is 253 g/mol. The van der Waals surface area contributed by atoms with E-state index in [1.165, 1.54) is 12.1 Å². The fourth-order valence-corrected chi connectivity index (χ4v) is 2.09. The van der Waals surface area contributed by atoms with Crippen molar-refractivity contribution in [2.45, 2.75) is 19.1 Å². The molecule has 1 unspecified atom stereocenters. The fourth-order valence-electron chi connectivity index (χ4n) is 2.09. The van der Waals surface area contributed by atoms with Crippen molar-refractivity contribution in [1.29, 1.82) is 0 Å². The SMILES string of the molecule is O=C(O)CC1CN(Cc2ccc(F)cc2)CCO1. The molecular weight excluding hydrogens is 237 g/mol. The van der Waals surface area contributed by atoms with Gasteiger partial charge >= 0.3 is 5.97 Å². The summed E-state index contributed by atoms with van der Waals surface area (Å²) >= 11 is 0. The van der Waals surface area contributed by atoms with Gasteiger partial charge in [0.2, 0.25) is 0 Å². The summed E-state index contributed by atoms with van der Waals surface area (Å²) in [6.45, 7) is 2.61. The minimum absolute atomic E-state index is 0.0277. The van der Waals surface area contributed by atoms with Gasteiger partial charge < -0.3 is 9.84 Å². The molecule has 0 amide bonds. The Morgan fingerprint density at radius 3 is 2.83 bits per heavy atom. The van der Waals surface area contributed by atoms with Gasteiger partial charge in [0.15, 0.2) is 0 Å². The number of ether oxygens (including phenoxy) is 1. The molecule has 1 N–H and O–H groups in total. The van der Waals surface area contributed by atoms with Crippen LogP contribution in [0.3, 0.4) is 0 Å². The van der Waals surface area contributed by atoms with Gasteiger partial charge in [0.1, 0.15) is 5.82 Å². The summed E-state index contributed by atoms with van der Waals surface area (Å²) < 4.78 is 18.2. The van der Waals surface area contributed by atoms with Crippen LogP contribution in [0, 0.1) is 5.82 Å². The van der Waals surface area contributed by atoms with E-state index >= 15 is 0 Å². The van der Waals surface area contributed by atoms with Crippen LogP contribution >= 0.6 is 0 Å². The molecule has 1 fully saturated rings. The molecule has 18 heavy (non-hydrogen) atoms. The molecule has 1 heterocycles. The van der Waals surface area contributed by atoms with E-state index in [-0.39, 0.29) is 18.3 Å². The van der Waals surface area contributed by atoms with Gasteiger partial charge in [-0.2, -0.15) is 0 Å². The Morgan fingerprint density at radius 1 is 1.44 bits per heavy atom. The summed E-state index contributed by atoms with van der Waals surface area (Å²) in [5.41, 5.74) is 1.02. The van der Waals surface area contributed by atoms with Gasteiger partial charge in [0.05, 0.1) is 19.1 Å². The zero-order valence-electron chi connectivity index (χ0n) is 10.0. The van der Waals surface area contributed by atoms with E-state index in [0.29, 0.717) is 19.7 Å². The third-order valence-corrected chi connectivity index (χ3v) is 2.94. The van der Waals surface area contributed by atoms with Gasteiger partial charge in [0, 0.05) is 19.6 Å². The molecule has 0 aromatic heterocycles. The molecule has 0 bridgehead atoms. The molecule has 1 saturated heterocycles. The lowest BCUT2D eigenvalue weighted by Gasteiger charge is -2.32. The Labute approximate surface area is 105 Å². The van der Waals surface area contributed by atoms with Crippen molar-refractivity contribution in [3.05, 3.63) is 35.6 Å². The highest BCUT2D eigenvalue weighted by atomic mass is 19.1. The Balaban J connectivity index is 1.89. The topological polar surface area (TPSA) is 49.8 Å². The summed E-state index contributed by atoms with van der Waals surface area (Å²) in [6.07, 6.45) is -0.225. The number of carboxylic acids is 1. The minimum Gasteiger partial charge on any atom is -0.481 e. The smallest absolute Gasteiger partial charge is 0.306 e. The van der Waals surface area contributed by atoms with Gasteiger partial charge in [0.25, 0.3) is 0 Å². The second kappa shape index (κ2) is 5.93. The first-order chi connectivity index (χ1) is 8.63. The van der Waals surface area contributed by atoms with Crippen molar-refractivity contribution in [2.24, 2.45) is 0 Å². The summed E-state index contributed by atoms with van der Waals surface area (Å²) in [4.78, 5) is 12.8. The molecule has 0 radical (unpaired) electrons. The van der Waals surface area contributed by atoms with Crippen LogP contribution in [0.15, 0.2) is 24.3 Å². The van der Waals surface area contributed by atoms with Crippen LogP contribution in [0.2, 0.25) is 0 Å². The first-order valence-electron chi connectivity index (χ1n) is 5.93. The Kier molecular flexibility index (Phi) is 4.28. The Hall–Kier alpha value is -1.46. The summed E-state index contributed by atoms with van der Waals surface area (Å²) in [6, 6.07) is 6.36. The maximum Gasteiger partial charge on any atom is 0.306 e. The lowest BCUT2D eigenvalue weighted by atomic mass is 10.1. The maximum absolute atomic E-state index is 12.8. The molecule has 5 heteroatoms. The molecule has 1 atom stereocenters. The highest BCUT2D eigenvalue weighted by molar-refractivity contribution is 5.67. The number of halogens is 1. The first kappa shape index (κ1) is 13.0. The number of nitrogens with zero attached hydrogens (tertiary/aromatic N) is 1. The van der Waals surface area contributed by atoms with Crippen LogP contribution in [0.4, 0.5) is 4.39 Å². The van der Waals surface area contributed by atoms with Crippen molar-refractivity contribution in [2.75, 3.05) is 19.7 Å². The molecule has 98 valence electrons. The standard InChI is InChI=1S/C13H16FNO3/c14-11-3-1-10(2-4-11)8-15-5-6-18-12(9-15)7-13(16)17/h1-4,12H,5-9H2,(H,16,17). The van der Waals surface area contributed by atoms with Gasteiger partial charge in [-0.15, -0.1) is 0 Å². The third-order valence-electron chi connectivity index (χ3n) is 2.94. The van der Waals surface area contributed by atoms with E-state index in [1.54, 1.807) is 12.1 Å². The number of benzene rings is 1. The molecule has 1 aliphatic rings. The van der Waals surface area contributed by atoms with Gasteiger partial charge in [-0.25, -0.2) is 4.39 Å². The van der Waals surface area contributed by atoms with Gasteiger partial charge in [-0.05, 0) is 17.7 Å². The van der Waals surface area contributed by atoms with Crippen molar-refractivity contribution < 1.29 is 19.0 Å². The molecule has 1 aromatic carbocycles. The lowest BCUT2D eigenvalue weighted by molar-refractivity contribution is -0.142. The van der Waals surface area contributed by atoms with E-state index in [9.17, 15) is 9.18 Å². The van der Waals surface area contributed by atoms with Crippen molar-refractivity contribution in [3.63, 3.8) is 0 Å². The normalized spacial score (nSPS) is 20.8. The van der Waals surface area contributed by atoms with E-state index in [0.717, 1.165) is 12.1 Å². The quantitative estimate of drug-likeness (QED) is 0.883. The predicted octanol–water partition coefficient (Wildman–Crippen LogP) is 1.50. The highest BCUT2D eigenvalue weighted by Gasteiger charge is 2.22. The minimum atomic E-state index is -0.844. The molecule has 2 rings (SSSR count). The van der Waals surface area contributed by atoms with Gasteiger partial charge in [-0.3, -0.25) is 9.69 Å². The van der Waals surface area contributed by atoms with Crippen LogP contribution in [0.25, 0.3) is 0 Å². The van der Waals surface area contributed by atoms with Gasteiger partial charge in [-0.1, -0.05) is 12.1 Å². The zero-order chi connectivity index (χ0) is 13.0. The molecule has 4 nitrogen and oxygen atoms in total. The second-order valence-electron chi connectivity index (χ2n) is 4.45. The molecule has 1 aromatic rings. The number of morpholine rings is 1. The highest BCUT2D eigenvalue weighted by Crippen LogP contribution is 2.13. The summed E-state index contributed by atoms with van der Waals surface area (Å²) in [5, 5.41) is 8.73. The van der Waals surface area contributed by atoms with Crippen molar-refractivity contribution >= 4 is 5.97 Å². The number of hydrogen-bond acceptors (Lipinski definition) is 3. The molecular formula is C13H16FNO3. The van der Waals surface area contributed by atoms with E-state index in [1.807, 2.05) is 0 Å². The van der Waals surface area contributed by atoms with Crippen molar-refractivity contribution in [1.82, 2.24) is 4.90 Å². The van der Waals surface area contributed by atoms with Crippen LogP contribution in [0.5, 0.6) is 0 Å². The number of aliphatic carboxylic acids is 1. The summed E-state index contributed by atoms with van der Waals surface area (Å²) in [7, 11) is 0. The number of hydrogen-bond donors (Lipinski definition) is 1. The molecule has 0 saturated carbocycles. The fraction of sp³-hybridized carbons (Fsp3) is 0.462. The van der Waals surface area contributed by atoms with E-state index in [2.05, 4.69) is 4.90 Å². The average molecular weight is 253 g/mol. The first-order valence-corrected chi connectivity index (χ1v) is 5.93. The maximum atomic E-state index is 12.8. The van der Waals surface area contributed by atoms with E-state index in [4.69, 9.17) is 9.84 Å². The third kappa shape index (κ3) is 3.78. The predicted molar refractivity (Wildman–Crippen MR) is 63.7 cm³/mol. The number of carboxylic acid groups (broad SMARTS) is 1. The molecule has 1 aliphatic heterocycles. The van der Waals surface area contributed by atoms with Crippen LogP contribution in [-0.4, -0.2) is 41.8 Å². The largest absolute Gasteiger partial charge is 0.481 e. The van der Waals surface area contributed by atoms with Crippen LogP contribution < -0.4 is 0 Å².